The molecule has 2 aromatic rings. The Morgan fingerprint density at radius 3 is 2.89 bits per heavy atom. The second-order valence-electron chi connectivity index (χ2n) is 4.02. The summed E-state index contributed by atoms with van der Waals surface area (Å²) < 4.78 is 11.5. The van der Waals surface area contributed by atoms with Gasteiger partial charge >= 0.3 is 5.96 Å². The zero-order valence-electron chi connectivity index (χ0n) is 10.00. The van der Waals surface area contributed by atoms with Crippen molar-refractivity contribution in [2.24, 2.45) is 11.5 Å². The van der Waals surface area contributed by atoms with Gasteiger partial charge in [-0.15, -0.1) is 4.98 Å². The van der Waals surface area contributed by atoms with Crippen LogP contribution in [0.1, 0.15) is 11.8 Å². The number of thiazole rings is 1. The van der Waals surface area contributed by atoms with E-state index in [2.05, 4.69) is 9.98 Å². The number of ether oxygens (including phenoxy) is 2. The molecule has 0 unspecified atom stereocenters. The van der Waals surface area contributed by atoms with Gasteiger partial charge in [-0.25, -0.2) is 4.99 Å². The monoisotopic (exact) mass is 277 g/mol. The molecule has 1 aliphatic heterocycles. The summed E-state index contributed by atoms with van der Waals surface area (Å²) in [6.07, 6.45) is -0.222. The Morgan fingerprint density at radius 2 is 2.11 bits per heavy atom. The molecule has 2 heterocycles. The molecular weight excluding hydrogens is 264 g/mol. The maximum Gasteiger partial charge on any atom is 0.303 e. The molecule has 0 amide bonds. The third kappa shape index (κ3) is 2.45. The van der Waals surface area contributed by atoms with E-state index < -0.39 is 0 Å². The van der Waals surface area contributed by atoms with E-state index in [-0.39, 0.29) is 12.1 Å². The predicted molar refractivity (Wildman–Crippen MR) is 71.4 cm³/mol. The number of hydrogen-bond acceptors (Lipinski definition) is 4. The van der Waals surface area contributed by atoms with Gasteiger partial charge in [0.15, 0.2) is 23.3 Å². The van der Waals surface area contributed by atoms with Gasteiger partial charge in [-0.05, 0) is 12.1 Å². The summed E-state index contributed by atoms with van der Waals surface area (Å²) in [4.78, 5) is 7.14. The van der Waals surface area contributed by atoms with Crippen LogP contribution in [0.2, 0.25) is 0 Å². The van der Waals surface area contributed by atoms with Gasteiger partial charge in [-0.2, -0.15) is 0 Å². The molecule has 3 rings (SSSR count). The fourth-order valence-corrected chi connectivity index (χ4v) is 2.55. The van der Waals surface area contributed by atoms with Crippen LogP contribution in [0.4, 0.5) is 5.13 Å². The first-order valence-corrected chi connectivity index (χ1v) is 6.59. The van der Waals surface area contributed by atoms with Gasteiger partial charge in [0.25, 0.3) is 5.13 Å². The standard InChI is InChI=1S/C12H12N4O2S/c13-11(14)16-12-15-7(6-19-12)10-5-17-8-3-1-2-4-9(8)18-10/h1-4,6,10H,5H2,(H4,13,14,15,16)/p+1/t10-/m0/s1. The number of nitrogens with zero attached hydrogens (tertiary/aromatic N) is 1. The van der Waals surface area contributed by atoms with Crippen molar-refractivity contribution in [3.05, 3.63) is 35.3 Å². The third-order valence-electron chi connectivity index (χ3n) is 2.61. The van der Waals surface area contributed by atoms with Gasteiger partial charge in [0.1, 0.15) is 6.61 Å². The summed E-state index contributed by atoms with van der Waals surface area (Å²) in [6.45, 7) is 0.433. The molecule has 7 heteroatoms. The molecule has 1 aromatic carbocycles. The van der Waals surface area contributed by atoms with Gasteiger partial charge in [0.2, 0.25) is 0 Å². The number of nitrogens with one attached hydrogen (secondary N) is 1. The number of benzene rings is 1. The second kappa shape index (κ2) is 4.77. The molecule has 0 fully saturated rings. The van der Waals surface area contributed by atoms with E-state index in [0.717, 1.165) is 17.2 Å². The molecule has 0 saturated heterocycles. The quantitative estimate of drug-likeness (QED) is 0.514. The van der Waals surface area contributed by atoms with Crippen molar-refractivity contribution in [3.63, 3.8) is 0 Å². The third-order valence-corrected chi connectivity index (χ3v) is 3.39. The van der Waals surface area contributed by atoms with Crippen LogP contribution in [-0.4, -0.2) is 17.6 Å². The normalized spacial score (nSPS) is 16.9. The molecule has 0 aliphatic carbocycles. The van der Waals surface area contributed by atoms with Crippen LogP contribution >= 0.6 is 11.3 Å². The molecule has 1 atom stereocenters. The highest BCUT2D eigenvalue weighted by Gasteiger charge is 2.26. The number of aromatic nitrogens is 1. The molecule has 1 aliphatic rings. The van der Waals surface area contributed by atoms with Crippen LogP contribution < -0.4 is 25.9 Å². The Balaban J connectivity index is 1.81. The summed E-state index contributed by atoms with van der Waals surface area (Å²) >= 11 is 1.41. The topological polar surface area (TPSA) is 97.4 Å². The Kier molecular flexibility index (Phi) is 2.96. The summed E-state index contributed by atoms with van der Waals surface area (Å²) in [6, 6.07) is 7.57. The first-order valence-electron chi connectivity index (χ1n) is 5.71. The van der Waals surface area contributed by atoms with Crippen LogP contribution in [0.15, 0.2) is 29.6 Å². The largest absolute Gasteiger partial charge is 0.485 e. The van der Waals surface area contributed by atoms with Crippen molar-refractivity contribution in [1.29, 1.82) is 0 Å². The lowest BCUT2D eigenvalue weighted by Gasteiger charge is -2.24. The molecule has 98 valence electrons. The maximum atomic E-state index is 5.86. The van der Waals surface area contributed by atoms with Crippen molar-refractivity contribution in [2.45, 2.75) is 6.10 Å². The highest BCUT2D eigenvalue weighted by molar-refractivity contribution is 7.12. The van der Waals surface area contributed by atoms with Crippen molar-refractivity contribution < 1.29 is 14.5 Å². The summed E-state index contributed by atoms with van der Waals surface area (Å²) in [5.41, 5.74) is 11.5. The molecule has 0 spiro atoms. The minimum atomic E-state index is -0.222. The highest BCUT2D eigenvalue weighted by Crippen LogP contribution is 2.36. The van der Waals surface area contributed by atoms with Gasteiger partial charge in [0, 0.05) is 5.38 Å². The Hall–Kier alpha value is -2.28. The van der Waals surface area contributed by atoms with E-state index in [1.807, 2.05) is 29.6 Å². The lowest BCUT2D eigenvalue weighted by Crippen LogP contribution is -2.72. The van der Waals surface area contributed by atoms with Crippen LogP contribution in [-0.2, 0) is 0 Å². The summed E-state index contributed by atoms with van der Waals surface area (Å²) in [5, 5.41) is 2.53. The van der Waals surface area contributed by atoms with Gasteiger partial charge in [0.05, 0.1) is 0 Å². The number of para-hydroxylation sites is 2. The van der Waals surface area contributed by atoms with Crippen LogP contribution in [0.3, 0.4) is 0 Å². The van der Waals surface area contributed by atoms with E-state index in [0.29, 0.717) is 11.7 Å². The molecule has 6 nitrogen and oxygen atoms in total. The summed E-state index contributed by atoms with van der Waals surface area (Å²) in [7, 11) is 0. The fraction of sp³-hybridized carbons (Fsp3) is 0.167. The van der Waals surface area contributed by atoms with E-state index in [4.69, 9.17) is 20.9 Å². The number of hydrogen-bond donors (Lipinski definition) is 3. The minimum Gasteiger partial charge on any atom is -0.485 e. The minimum absolute atomic E-state index is 0.118. The van der Waals surface area contributed by atoms with E-state index >= 15 is 0 Å². The van der Waals surface area contributed by atoms with E-state index in [1.54, 1.807) is 0 Å². The van der Waals surface area contributed by atoms with Gasteiger partial charge in [-0.3, -0.25) is 0 Å². The first-order chi connectivity index (χ1) is 9.22. The second-order valence-corrected chi connectivity index (χ2v) is 4.88. The Labute approximate surface area is 113 Å². The average Bonchev–Trinajstić information content (AvgIpc) is 2.86. The Morgan fingerprint density at radius 1 is 1.32 bits per heavy atom. The van der Waals surface area contributed by atoms with E-state index in [9.17, 15) is 0 Å². The van der Waals surface area contributed by atoms with Crippen molar-refractivity contribution in [1.82, 2.24) is 4.98 Å². The maximum absolute atomic E-state index is 5.86. The lowest BCUT2D eigenvalue weighted by atomic mass is 10.2. The smallest absolute Gasteiger partial charge is 0.303 e. The average molecular weight is 277 g/mol. The van der Waals surface area contributed by atoms with E-state index in [1.165, 1.54) is 11.3 Å². The molecule has 0 bridgehead atoms. The molecule has 1 aromatic heterocycles. The molecular formula is C12H13N4O2S+. The predicted octanol–water partition coefficient (Wildman–Crippen LogP) is -0.359. The molecule has 0 radical (unpaired) electrons. The van der Waals surface area contributed by atoms with Crippen molar-refractivity contribution in [3.8, 4) is 11.5 Å². The van der Waals surface area contributed by atoms with Crippen LogP contribution in [0, 0.1) is 0 Å². The SMILES string of the molecule is NC(N)=[NH+]c1nc([C@@H]2COc3ccccc3O2)cs1. The molecule has 5 N–H and O–H groups in total. The van der Waals surface area contributed by atoms with Crippen molar-refractivity contribution >= 4 is 22.4 Å². The van der Waals surface area contributed by atoms with Crippen LogP contribution in [0.25, 0.3) is 0 Å². The lowest BCUT2D eigenvalue weighted by molar-refractivity contribution is -0.356. The number of guanidine groups is 1. The zero-order chi connectivity index (χ0) is 13.2. The number of nitrogens with two attached hydrogens (primary N) is 2. The van der Waals surface area contributed by atoms with Crippen LogP contribution in [0.5, 0.6) is 11.5 Å². The van der Waals surface area contributed by atoms with Gasteiger partial charge < -0.3 is 20.9 Å². The first kappa shape index (κ1) is 11.8. The Bertz CT molecular complexity index is 622. The summed E-state index contributed by atoms with van der Waals surface area (Å²) in [5.74, 6) is 1.60. The highest BCUT2D eigenvalue weighted by atomic mass is 32.1. The van der Waals surface area contributed by atoms with Gasteiger partial charge in [-0.1, -0.05) is 23.5 Å². The molecule has 19 heavy (non-hydrogen) atoms. The molecule has 0 saturated carbocycles. The number of rotatable bonds is 2. The zero-order valence-corrected chi connectivity index (χ0v) is 10.8. The fourth-order valence-electron chi connectivity index (χ4n) is 1.78. The number of fused-ring (bicyclic) bond motifs is 1. The van der Waals surface area contributed by atoms with Crippen molar-refractivity contribution in [2.75, 3.05) is 6.61 Å².